The minimum atomic E-state index is -0.727. The van der Waals surface area contributed by atoms with Gasteiger partial charge in [0, 0.05) is 0 Å². The second-order valence-corrected chi connectivity index (χ2v) is 7.23. The number of ether oxygens (including phenoxy) is 3. The van der Waals surface area contributed by atoms with Crippen molar-refractivity contribution < 1.29 is 28.6 Å². The monoisotopic (exact) mass is 393 g/mol. The fourth-order valence-corrected chi connectivity index (χ4v) is 2.47. The number of benzene rings is 1. The van der Waals surface area contributed by atoms with Crippen molar-refractivity contribution in [3.05, 3.63) is 29.3 Å². The number of nitrogens with two attached hydrogens (primary N) is 1. The molecule has 0 spiro atoms. The Kier molecular flexibility index (Phi) is 9.65. The van der Waals surface area contributed by atoms with Crippen molar-refractivity contribution in [2.45, 2.75) is 65.3 Å². The van der Waals surface area contributed by atoms with Crippen LogP contribution in [0, 0.1) is 0 Å². The number of carbonyl (C=O) groups is 3. The minimum Gasteiger partial charge on any atom is -0.462 e. The smallest absolute Gasteiger partial charge is 0.322 e. The van der Waals surface area contributed by atoms with E-state index in [1.54, 1.807) is 0 Å². The van der Waals surface area contributed by atoms with Crippen molar-refractivity contribution in [1.82, 2.24) is 0 Å². The predicted molar refractivity (Wildman–Crippen MR) is 105 cm³/mol. The van der Waals surface area contributed by atoms with E-state index in [-0.39, 0.29) is 37.9 Å². The van der Waals surface area contributed by atoms with Crippen molar-refractivity contribution in [3.8, 4) is 5.75 Å². The van der Waals surface area contributed by atoms with Gasteiger partial charge in [0.15, 0.2) is 0 Å². The van der Waals surface area contributed by atoms with Gasteiger partial charge in [-0.3, -0.25) is 14.4 Å². The average molecular weight is 393 g/mol. The fourth-order valence-electron chi connectivity index (χ4n) is 2.47. The Labute approximate surface area is 166 Å². The number of hydrogen-bond donors (Lipinski definition) is 1. The highest BCUT2D eigenvalue weighted by Gasteiger charge is 2.19. The molecule has 0 saturated heterocycles. The highest BCUT2D eigenvalue weighted by molar-refractivity contribution is 5.79. The summed E-state index contributed by atoms with van der Waals surface area (Å²) in [5, 5.41) is 0. The van der Waals surface area contributed by atoms with Crippen molar-refractivity contribution in [2.24, 2.45) is 5.73 Å². The lowest BCUT2D eigenvalue weighted by molar-refractivity contribution is -0.153. The fraction of sp³-hybridized carbons (Fsp3) is 0.571. The Balaban J connectivity index is 2.53. The van der Waals surface area contributed by atoms with Gasteiger partial charge in [0.05, 0.1) is 12.8 Å². The van der Waals surface area contributed by atoms with E-state index < -0.39 is 23.9 Å². The van der Waals surface area contributed by atoms with Gasteiger partial charge in [0.25, 0.3) is 0 Å². The lowest BCUT2D eigenvalue weighted by Crippen LogP contribution is -2.29. The van der Waals surface area contributed by atoms with Gasteiger partial charge in [-0.15, -0.1) is 0 Å². The molecule has 7 nitrogen and oxygen atoms in total. The van der Waals surface area contributed by atoms with Gasteiger partial charge in [0.1, 0.15) is 25.0 Å². The first-order chi connectivity index (χ1) is 13.1. The van der Waals surface area contributed by atoms with Crippen LogP contribution in [0.15, 0.2) is 18.2 Å². The van der Waals surface area contributed by atoms with E-state index in [9.17, 15) is 14.4 Å². The quantitative estimate of drug-likeness (QED) is 0.370. The van der Waals surface area contributed by atoms with Crippen LogP contribution in [0.3, 0.4) is 0 Å². The Morgan fingerprint density at radius 3 is 1.86 bits per heavy atom. The Hall–Kier alpha value is -2.41. The first kappa shape index (κ1) is 23.6. The van der Waals surface area contributed by atoms with E-state index in [0.717, 1.165) is 11.1 Å². The maximum Gasteiger partial charge on any atom is 0.322 e. The number of esters is 3. The Bertz CT molecular complexity index is 655. The number of carbonyl (C=O) groups excluding carboxylic acids is 3. The maximum absolute atomic E-state index is 12.2. The van der Waals surface area contributed by atoms with E-state index in [0.29, 0.717) is 5.75 Å². The van der Waals surface area contributed by atoms with E-state index >= 15 is 0 Å². The predicted octanol–water partition coefficient (Wildman–Crippen LogP) is 3.05. The van der Waals surface area contributed by atoms with Crippen LogP contribution in [0.1, 0.15) is 70.4 Å². The van der Waals surface area contributed by atoms with Gasteiger partial charge >= 0.3 is 17.9 Å². The zero-order valence-electron chi connectivity index (χ0n) is 17.3. The van der Waals surface area contributed by atoms with Gasteiger partial charge < -0.3 is 19.9 Å². The van der Waals surface area contributed by atoms with Crippen molar-refractivity contribution in [1.29, 1.82) is 0 Å². The lowest BCUT2D eigenvalue weighted by atomic mass is 9.94. The Morgan fingerprint density at radius 1 is 0.857 bits per heavy atom. The minimum absolute atomic E-state index is 0.0733. The molecule has 7 heteroatoms. The molecule has 1 atom stereocenters. The molecule has 0 aliphatic heterocycles. The summed E-state index contributed by atoms with van der Waals surface area (Å²) in [6.45, 7) is 9.48. The van der Waals surface area contributed by atoms with Gasteiger partial charge in [-0.2, -0.15) is 0 Å². The van der Waals surface area contributed by atoms with Crippen LogP contribution in [-0.4, -0.2) is 37.2 Å². The molecule has 1 aromatic carbocycles. The summed E-state index contributed by atoms with van der Waals surface area (Å²) >= 11 is 0. The number of para-hydroxylation sites is 1. The Morgan fingerprint density at radius 2 is 1.36 bits per heavy atom. The van der Waals surface area contributed by atoms with Crippen LogP contribution in [0.4, 0.5) is 0 Å². The van der Waals surface area contributed by atoms with E-state index in [1.165, 1.54) is 6.92 Å². The van der Waals surface area contributed by atoms with Crippen molar-refractivity contribution in [2.75, 3.05) is 13.2 Å². The molecule has 0 aliphatic rings. The second kappa shape index (κ2) is 11.4. The first-order valence-corrected chi connectivity index (χ1v) is 9.54. The normalized spacial score (nSPS) is 12.0. The largest absolute Gasteiger partial charge is 0.462 e. The van der Waals surface area contributed by atoms with Gasteiger partial charge in [-0.1, -0.05) is 45.9 Å². The standard InChI is InChI=1S/C21H31NO6/c1-13(2)16-7-6-8-17(14(3)4)20(16)28-19(24)10-9-18(23)26-11-12-27-21(25)15(5)22/h6-8,13-15H,9-12,22H2,1-5H3. The molecular weight excluding hydrogens is 362 g/mol. The zero-order chi connectivity index (χ0) is 21.3. The third kappa shape index (κ3) is 7.68. The van der Waals surface area contributed by atoms with Crippen LogP contribution in [0.25, 0.3) is 0 Å². The van der Waals surface area contributed by atoms with Crippen LogP contribution in [0.5, 0.6) is 5.75 Å². The topological polar surface area (TPSA) is 105 Å². The summed E-state index contributed by atoms with van der Waals surface area (Å²) in [5.74, 6) is -0.640. The molecule has 1 unspecified atom stereocenters. The van der Waals surface area contributed by atoms with Crippen LogP contribution in [-0.2, 0) is 23.9 Å². The molecular formula is C21H31NO6. The molecule has 0 amide bonds. The van der Waals surface area contributed by atoms with Crippen molar-refractivity contribution >= 4 is 17.9 Å². The molecule has 0 fully saturated rings. The van der Waals surface area contributed by atoms with Gasteiger partial charge in [-0.25, -0.2) is 0 Å². The average Bonchev–Trinajstić information content (AvgIpc) is 2.62. The summed E-state index contributed by atoms with van der Waals surface area (Å²) in [5.41, 5.74) is 7.26. The molecule has 2 N–H and O–H groups in total. The number of rotatable bonds is 10. The van der Waals surface area contributed by atoms with Gasteiger partial charge in [0.2, 0.25) is 0 Å². The molecule has 0 radical (unpaired) electrons. The highest BCUT2D eigenvalue weighted by Crippen LogP contribution is 2.34. The summed E-state index contributed by atoms with van der Waals surface area (Å²) in [6, 6.07) is 5.11. The maximum atomic E-state index is 12.2. The SMILES string of the molecule is CC(N)C(=O)OCCOC(=O)CCC(=O)Oc1c(C(C)C)cccc1C(C)C. The highest BCUT2D eigenvalue weighted by atomic mass is 16.6. The molecule has 0 bridgehead atoms. The molecule has 1 rings (SSSR count). The molecule has 1 aromatic rings. The molecule has 0 saturated carbocycles. The van der Waals surface area contributed by atoms with Crippen molar-refractivity contribution in [3.63, 3.8) is 0 Å². The van der Waals surface area contributed by atoms with E-state index in [4.69, 9.17) is 19.9 Å². The summed E-state index contributed by atoms with van der Waals surface area (Å²) in [6.07, 6.45) is -0.205. The van der Waals surface area contributed by atoms with Crippen LogP contribution >= 0.6 is 0 Å². The zero-order valence-corrected chi connectivity index (χ0v) is 17.3. The van der Waals surface area contributed by atoms with Gasteiger partial charge in [-0.05, 0) is 29.9 Å². The van der Waals surface area contributed by atoms with Crippen LogP contribution in [0.2, 0.25) is 0 Å². The summed E-state index contributed by atoms with van der Waals surface area (Å²) in [4.78, 5) is 35.2. The molecule has 0 aromatic heterocycles. The summed E-state index contributed by atoms with van der Waals surface area (Å²) < 4.78 is 15.3. The molecule has 156 valence electrons. The number of hydrogen-bond acceptors (Lipinski definition) is 7. The summed E-state index contributed by atoms with van der Waals surface area (Å²) in [7, 11) is 0. The first-order valence-electron chi connectivity index (χ1n) is 9.54. The van der Waals surface area contributed by atoms with E-state index in [1.807, 2.05) is 45.9 Å². The lowest BCUT2D eigenvalue weighted by Gasteiger charge is -2.18. The molecule has 28 heavy (non-hydrogen) atoms. The molecule has 0 aliphatic carbocycles. The third-order valence-corrected chi connectivity index (χ3v) is 4.03. The molecule has 0 heterocycles. The second-order valence-electron chi connectivity index (χ2n) is 7.23. The van der Waals surface area contributed by atoms with Crippen LogP contribution < -0.4 is 10.5 Å². The third-order valence-electron chi connectivity index (χ3n) is 4.03. The van der Waals surface area contributed by atoms with E-state index in [2.05, 4.69) is 0 Å².